The van der Waals surface area contributed by atoms with Gasteiger partial charge in [-0.25, -0.2) is 0 Å². The molecular weight excluding hydrogens is 296 g/mol. The van der Waals surface area contributed by atoms with Gasteiger partial charge in [-0.05, 0) is 49.1 Å². The first-order chi connectivity index (χ1) is 11.1. The van der Waals surface area contributed by atoms with Crippen LogP contribution < -0.4 is 5.32 Å². The second kappa shape index (κ2) is 7.93. The molecule has 1 amide bonds. The van der Waals surface area contributed by atoms with Crippen LogP contribution in [-0.2, 0) is 11.2 Å². The van der Waals surface area contributed by atoms with Crippen LogP contribution in [0.3, 0.4) is 0 Å². The highest BCUT2D eigenvalue weighted by molar-refractivity contribution is 6.06. The van der Waals surface area contributed by atoms with Crippen LogP contribution >= 0.6 is 0 Å². The lowest BCUT2D eigenvalue weighted by Crippen LogP contribution is -2.12. The van der Waals surface area contributed by atoms with Crippen molar-refractivity contribution < 1.29 is 19.8 Å². The quantitative estimate of drug-likeness (QED) is 0.682. The SMILES string of the molecule is O=C(O)CCCCc1ccc(O)c(C(=O)Nc2cccnc2)c1. The van der Waals surface area contributed by atoms with Gasteiger partial charge in [-0.15, -0.1) is 0 Å². The molecule has 0 unspecified atom stereocenters. The number of rotatable bonds is 7. The number of aliphatic carboxylic acids is 1. The van der Waals surface area contributed by atoms with Gasteiger partial charge < -0.3 is 15.5 Å². The van der Waals surface area contributed by atoms with E-state index in [2.05, 4.69) is 10.3 Å². The van der Waals surface area contributed by atoms with Crippen LogP contribution in [-0.4, -0.2) is 27.1 Å². The van der Waals surface area contributed by atoms with Gasteiger partial charge in [-0.3, -0.25) is 14.6 Å². The van der Waals surface area contributed by atoms with Crippen LogP contribution in [0.1, 0.15) is 35.2 Å². The number of phenols is 1. The summed E-state index contributed by atoms with van der Waals surface area (Å²) in [5.74, 6) is -1.32. The number of carboxylic acid groups (broad SMARTS) is 1. The normalized spacial score (nSPS) is 10.3. The number of carbonyl (C=O) groups excluding carboxylic acids is 1. The molecule has 0 radical (unpaired) electrons. The highest BCUT2D eigenvalue weighted by Gasteiger charge is 2.12. The summed E-state index contributed by atoms with van der Waals surface area (Å²) >= 11 is 0. The predicted octanol–water partition coefficient (Wildman–Crippen LogP) is 2.84. The van der Waals surface area contributed by atoms with E-state index in [9.17, 15) is 14.7 Å². The molecule has 3 N–H and O–H groups in total. The van der Waals surface area contributed by atoms with E-state index >= 15 is 0 Å². The number of nitrogens with one attached hydrogen (secondary N) is 1. The number of aryl methyl sites for hydroxylation is 1. The lowest BCUT2D eigenvalue weighted by Gasteiger charge is -2.09. The topological polar surface area (TPSA) is 99.5 Å². The van der Waals surface area contributed by atoms with E-state index in [0.29, 0.717) is 24.9 Å². The summed E-state index contributed by atoms with van der Waals surface area (Å²) in [7, 11) is 0. The molecule has 1 aromatic carbocycles. The molecule has 0 atom stereocenters. The highest BCUT2D eigenvalue weighted by Crippen LogP contribution is 2.21. The second-order valence-corrected chi connectivity index (χ2v) is 5.15. The minimum atomic E-state index is -0.813. The van der Waals surface area contributed by atoms with Crippen molar-refractivity contribution >= 4 is 17.6 Å². The Kier molecular flexibility index (Phi) is 5.68. The van der Waals surface area contributed by atoms with Crippen molar-refractivity contribution in [2.75, 3.05) is 5.32 Å². The molecule has 23 heavy (non-hydrogen) atoms. The number of carbonyl (C=O) groups is 2. The van der Waals surface area contributed by atoms with Crippen LogP contribution in [0.5, 0.6) is 5.75 Å². The fourth-order valence-corrected chi connectivity index (χ4v) is 2.16. The average Bonchev–Trinajstić information content (AvgIpc) is 2.53. The molecule has 120 valence electrons. The third-order valence-corrected chi connectivity index (χ3v) is 3.33. The maximum atomic E-state index is 12.2. The maximum absolute atomic E-state index is 12.2. The standard InChI is InChI=1S/C17H18N2O4/c20-15-8-7-12(4-1-2-6-16(21)22)10-14(15)17(23)19-13-5-3-9-18-11-13/h3,5,7-11,20H,1-2,4,6H2,(H,19,23)(H,21,22). The van der Waals surface area contributed by atoms with Gasteiger partial charge in [0.25, 0.3) is 5.91 Å². The summed E-state index contributed by atoms with van der Waals surface area (Å²) in [6.07, 6.45) is 5.19. The maximum Gasteiger partial charge on any atom is 0.303 e. The van der Waals surface area contributed by atoms with Crippen molar-refractivity contribution in [3.8, 4) is 5.75 Å². The molecule has 0 aliphatic heterocycles. The highest BCUT2D eigenvalue weighted by atomic mass is 16.4. The number of aromatic nitrogens is 1. The van der Waals surface area contributed by atoms with E-state index in [0.717, 1.165) is 5.56 Å². The number of hydrogen-bond donors (Lipinski definition) is 3. The van der Waals surface area contributed by atoms with Gasteiger partial charge in [0.15, 0.2) is 0 Å². The molecule has 2 aromatic rings. The number of amides is 1. The summed E-state index contributed by atoms with van der Waals surface area (Å²) in [5, 5.41) is 21.2. The van der Waals surface area contributed by atoms with Crippen molar-refractivity contribution in [1.82, 2.24) is 4.98 Å². The van der Waals surface area contributed by atoms with Crippen molar-refractivity contribution in [2.45, 2.75) is 25.7 Å². The molecule has 2 rings (SSSR count). The van der Waals surface area contributed by atoms with E-state index in [4.69, 9.17) is 5.11 Å². The molecular formula is C17H18N2O4. The summed E-state index contributed by atoms with van der Waals surface area (Å²) in [5.41, 5.74) is 1.61. The van der Waals surface area contributed by atoms with E-state index in [1.54, 1.807) is 30.5 Å². The third kappa shape index (κ3) is 5.10. The van der Waals surface area contributed by atoms with E-state index in [1.807, 2.05) is 0 Å². The van der Waals surface area contributed by atoms with Gasteiger partial charge in [0, 0.05) is 12.6 Å². The number of hydrogen-bond acceptors (Lipinski definition) is 4. The van der Waals surface area contributed by atoms with Crippen LogP contribution in [0.25, 0.3) is 0 Å². The van der Waals surface area contributed by atoms with Crippen molar-refractivity contribution in [3.63, 3.8) is 0 Å². The monoisotopic (exact) mass is 314 g/mol. The molecule has 1 aromatic heterocycles. The second-order valence-electron chi connectivity index (χ2n) is 5.15. The molecule has 0 spiro atoms. The van der Waals surface area contributed by atoms with Crippen molar-refractivity contribution in [3.05, 3.63) is 53.9 Å². The largest absolute Gasteiger partial charge is 0.507 e. The number of benzene rings is 1. The Labute approximate surface area is 133 Å². The summed E-state index contributed by atoms with van der Waals surface area (Å²) in [6.45, 7) is 0. The molecule has 0 fully saturated rings. The Balaban J connectivity index is 2.02. The van der Waals surface area contributed by atoms with Crippen molar-refractivity contribution in [2.24, 2.45) is 0 Å². The number of nitrogens with zero attached hydrogens (tertiary/aromatic N) is 1. The molecule has 6 nitrogen and oxygen atoms in total. The lowest BCUT2D eigenvalue weighted by atomic mass is 10.0. The zero-order valence-electron chi connectivity index (χ0n) is 12.5. The summed E-state index contributed by atoms with van der Waals surface area (Å²) in [4.78, 5) is 26.6. The van der Waals surface area contributed by atoms with Gasteiger partial charge in [0.05, 0.1) is 17.4 Å². The zero-order valence-corrected chi connectivity index (χ0v) is 12.5. The Hall–Kier alpha value is -2.89. The van der Waals surface area contributed by atoms with Crippen LogP contribution in [0.15, 0.2) is 42.7 Å². The summed E-state index contributed by atoms with van der Waals surface area (Å²) < 4.78 is 0. The number of carboxylic acids is 1. The number of aromatic hydroxyl groups is 1. The van der Waals surface area contributed by atoms with E-state index in [-0.39, 0.29) is 17.7 Å². The fourth-order valence-electron chi connectivity index (χ4n) is 2.16. The summed E-state index contributed by atoms with van der Waals surface area (Å²) in [6, 6.07) is 8.25. The van der Waals surface area contributed by atoms with Crippen LogP contribution in [0.2, 0.25) is 0 Å². The van der Waals surface area contributed by atoms with Gasteiger partial charge in [-0.2, -0.15) is 0 Å². The van der Waals surface area contributed by atoms with Gasteiger partial charge in [0.1, 0.15) is 5.75 Å². The Bertz CT molecular complexity index is 686. The minimum absolute atomic E-state index is 0.0966. The minimum Gasteiger partial charge on any atom is -0.507 e. The zero-order chi connectivity index (χ0) is 16.7. The molecule has 6 heteroatoms. The molecule has 0 saturated carbocycles. The first kappa shape index (κ1) is 16.5. The number of pyridine rings is 1. The third-order valence-electron chi connectivity index (χ3n) is 3.33. The molecule has 0 saturated heterocycles. The fraction of sp³-hybridized carbons (Fsp3) is 0.235. The van der Waals surface area contributed by atoms with Crippen molar-refractivity contribution in [1.29, 1.82) is 0 Å². The number of phenolic OH excluding ortho intramolecular Hbond substituents is 1. The number of anilines is 1. The van der Waals surface area contributed by atoms with Crippen LogP contribution in [0, 0.1) is 0 Å². The molecule has 0 bridgehead atoms. The Morgan fingerprint density at radius 2 is 2.00 bits per heavy atom. The molecule has 0 aliphatic rings. The van der Waals surface area contributed by atoms with E-state index < -0.39 is 11.9 Å². The first-order valence-corrected chi connectivity index (χ1v) is 7.31. The average molecular weight is 314 g/mol. The van der Waals surface area contributed by atoms with Gasteiger partial charge in [0.2, 0.25) is 0 Å². The Morgan fingerprint density at radius 3 is 2.70 bits per heavy atom. The Morgan fingerprint density at radius 1 is 1.17 bits per heavy atom. The van der Waals surface area contributed by atoms with E-state index in [1.165, 1.54) is 12.3 Å². The number of unbranched alkanes of at least 4 members (excludes halogenated alkanes) is 1. The first-order valence-electron chi connectivity index (χ1n) is 7.31. The molecule has 0 aliphatic carbocycles. The van der Waals surface area contributed by atoms with Gasteiger partial charge >= 0.3 is 5.97 Å². The van der Waals surface area contributed by atoms with Crippen LogP contribution in [0.4, 0.5) is 5.69 Å². The lowest BCUT2D eigenvalue weighted by molar-refractivity contribution is -0.137. The smallest absolute Gasteiger partial charge is 0.303 e. The van der Waals surface area contributed by atoms with Gasteiger partial charge in [-0.1, -0.05) is 6.07 Å². The molecule has 1 heterocycles. The predicted molar refractivity (Wildman–Crippen MR) is 85.5 cm³/mol.